The lowest BCUT2D eigenvalue weighted by molar-refractivity contribution is -0.160. The van der Waals surface area contributed by atoms with E-state index in [0.717, 1.165) is 0 Å². The number of carbonyl (C=O) groups is 1. The van der Waals surface area contributed by atoms with Crippen LogP contribution in [0.2, 0.25) is 0 Å². The number of hydrogen-bond acceptors (Lipinski definition) is 3. The lowest BCUT2D eigenvalue weighted by atomic mass is 9.99. The Bertz CT molecular complexity index is 402. The van der Waals surface area contributed by atoms with Crippen molar-refractivity contribution in [1.29, 1.82) is 0 Å². The van der Waals surface area contributed by atoms with Gasteiger partial charge in [-0.1, -0.05) is 0 Å². The molecular formula is C7H7F2N3O2. The number of fused-ring (bicyclic) bond motifs is 1. The number of rotatable bonds is 0. The predicted molar refractivity (Wildman–Crippen MR) is 41.9 cm³/mol. The average Bonchev–Trinajstić information content (AvgIpc) is 2.44. The number of aromatic nitrogens is 2. The standard InChI is InChI=1S/C7H7F2N3O2/c1-2-3-4(13)7(8,9)6(14)10-5(3)12-11-2/h4,13H,1H3,(H2,10,11,12,14)/t4-/m1/s1. The van der Waals surface area contributed by atoms with E-state index in [9.17, 15) is 18.7 Å². The first-order valence-electron chi connectivity index (χ1n) is 3.86. The third kappa shape index (κ3) is 0.955. The number of alkyl halides is 2. The van der Waals surface area contributed by atoms with Crippen LogP contribution in [-0.4, -0.2) is 27.1 Å². The van der Waals surface area contributed by atoms with Crippen LogP contribution in [0.5, 0.6) is 0 Å². The summed E-state index contributed by atoms with van der Waals surface area (Å²) in [6, 6.07) is 0. The molecule has 0 spiro atoms. The second-order valence-corrected chi connectivity index (χ2v) is 3.08. The molecule has 1 aliphatic rings. The summed E-state index contributed by atoms with van der Waals surface area (Å²) in [6.07, 6.45) is -2.13. The zero-order valence-electron chi connectivity index (χ0n) is 7.14. The molecule has 2 rings (SSSR count). The fourth-order valence-electron chi connectivity index (χ4n) is 1.37. The number of H-pyrrole nitrogens is 1. The molecule has 0 saturated heterocycles. The molecule has 14 heavy (non-hydrogen) atoms. The number of nitrogens with zero attached hydrogens (tertiary/aromatic N) is 1. The second-order valence-electron chi connectivity index (χ2n) is 3.08. The molecule has 0 fully saturated rings. The molecule has 2 heterocycles. The smallest absolute Gasteiger partial charge is 0.354 e. The highest BCUT2D eigenvalue weighted by atomic mass is 19.3. The van der Waals surface area contributed by atoms with Gasteiger partial charge >= 0.3 is 5.92 Å². The molecule has 1 amide bonds. The first-order valence-corrected chi connectivity index (χ1v) is 3.86. The van der Waals surface area contributed by atoms with Crippen LogP contribution in [0.25, 0.3) is 0 Å². The van der Waals surface area contributed by atoms with Gasteiger partial charge in [0.25, 0.3) is 5.91 Å². The van der Waals surface area contributed by atoms with E-state index in [0.29, 0.717) is 0 Å². The fourth-order valence-corrected chi connectivity index (χ4v) is 1.37. The summed E-state index contributed by atoms with van der Waals surface area (Å²) in [7, 11) is 0. The Morgan fingerprint density at radius 3 is 2.86 bits per heavy atom. The van der Waals surface area contributed by atoms with Crippen LogP contribution >= 0.6 is 0 Å². The van der Waals surface area contributed by atoms with Gasteiger partial charge in [0.05, 0.1) is 11.3 Å². The molecule has 0 aliphatic carbocycles. The van der Waals surface area contributed by atoms with Crippen molar-refractivity contribution in [1.82, 2.24) is 10.2 Å². The van der Waals surface area contributed by atoms with Crippen LogP contribution in [0.4, 0.5) is 14.6 Å². The molecule has 0 saturated carbocycles. The molecular weight excluding hydrogens is 196 g/mol. The van der Waals surface area contributed by atoms with E-state index in [1.54, 1.807) is 0 Å². The number of halogens is 2. The lowest BCUT2D eigenvalue weighted by Crippen LogP contribution is -2.44. The van der Waals surface area contributed by atoms with Crippen LogP contribution in [0.15, 0.2) is 0 Å². The molecule has 0 bridgehead atoms. The van der Waals surface area contributed by atoms with Gasteiger partial charge in [-0.2, -0.15) is 13.9 Å². The topological polar surface area (TPSA) is 78.0 Å². The van der Waals surface area contributed by atoms with Gasteiger partial charge in [0.2, 0.25) is 0 Å². The highest BCUT2D eigenvalue weighted by Gasteiger charge is 2.52. The summed E-state index contributed by atoms with van der Waals surface area (Å²) in [5.41, 5.74) is 0.182. The predicted octanol–water partition coefficient (Wildman–Crippen LogP) is 0.339. The van der Waals surface area contributed by atoms with E-state index >= 15 is 0 Å². The maximum absolute atomic E-state index is 13.0. The number of anilines is 1. The van der Waals surface area contributed by atoms with Crippen LogP contribution in [-0.2, 0) is 4.79 Å². The van der Waals surface area contributed by atoms with Gasteiger partial charge in [-0.05, 0) is 6.92 Å². The van der Waals surface area contributed by atoms with Crippen LogP contribution in [0.3, 0.4) is 0 Å². The number of aryl methyl sites for hydroxylation is 1. The summed E-state index contributed by atoms with van der Waals surface area (Å²) in [5, 5.41) is 17.2. The summed E-state index contributed by atoms with van der Waals surface area (Å²) in [4.78, 5) is 10.8. The Balaban J connectivity index is 2.57. The Morgan fingerprint density at radius 2 is 2.21 bits per heavy atom. The van der Waals surface area contributed by atoms with Crippen LogP contribution in [0, 0.1) is 6.92 Å². The summed E-state index contributed by atoms with van der Waals surface area (Å²) in [6.45, 7) is 1.46. The van der Waals surface area contributed by atoms with E-state index in [1.807, 2.05) is 5.32 Å². The van der Waals surface area contributed by atoms with Crippen molar-refractivity contribution < 1.29 is 18.7 Å². The molecule has 1 atom stereocenters. The first kappa shape index (κ1) is 9.07. The van der Waals surface area contributed by atoms with Crippen molar-refractivity contribution in [3.05, 3.63) is 11.3 Å². The number of aromatic amines is 1. The molecule has 0 radical (unpaired) electrons. The van der Waals surface area contributed by atoms with E-state index in [4.69, 9.17) is 0 Å². The maximum Gasteiger partial charge on any atom is 0.354 e. The Hall–Kier alpha value is -1.50. The van der Waals surface area contributed by atoms with Gasteiger partial charge in [0.15, 0.2) is 6.10 Å². The number of nitrogens with one attached hydrogen (secondary N) is 2. The lowest BCUT2D eigenvalue weighted by Gasteiger charge is -2.26. The van der Waals surface area contributed by atoms with E-state index in [-0.39, 0.29) is 17.1 Å². The minimum Gasteiger partial charge on any atom is -0.381 e. The van der Waals surface area contributed by atoms with Crippen molar-refractivity contribution in [2.45, 2.75) is 19.0 Å². The summed E-state index contributed by atoms with van der Waals surface area (Å²) < 4.78 is 26.0. The molecule has 5 nitrogen and oxygen atoms in total. The number of hydrogen-bond donors (Lipinski definition) is 3. The maximum atomic E-state index is 13.0. The van der Waals surface area contributed by atoms with Gasteiger partial charge in [-0.15, -0.1) is 0 Å². The number of aliphatic hydroxyl groups is 1. The summed E-state index contributed by atoms with van der Waals surface area (Å²) >= 11 is 0. The molecule has 1 aromatic rings. The SMILES string of the molecule is Cc1n[nH]c2c1[C@@H](O)C(F)(F)C(=O)N2. The number of amides is 1. The third-order valence-corrected chi connectivity index (χ3v) is 2.15. The normalized spacial score (nSPS) is 24.3. The molecule has 1 aliphatic heterocycles. The van der Waals surface area contributed by atoms with Crippen LogP contribution < -0.4 is 5.32 Å². The van der Waals surface area contributed by atoms with Gasteiger partial charge in [0.1, 0.15) is 5.82 Å². The Morgan fingerprint density at radius 1 is 1.57 bits per heavy atom. The zero-order chi connectivity index (χ0) is 10.5. The highest BCUT2D eigenvalue weighted by Crippen LogP contribution is 2.40. The monoisotopic (exact) mass is 203 g/mol. The van der Waals surface area contributed by atoms with E-state index < -0.39 is 17.9 Å². The fraction of sp³-hybridized carbons (Fsp3) is 0.429. The number of aliphatic hydroxyl groups excluding tert-OH is 1. The van der Waals surface area contributed by atoms with E-state index in [2.05, 4.69) is 10.2 Å². The van der Waals surface area contributed by atoms with Crippen molar-refractivity contribution in [3.8, 4) is 0 Å². The zero-order valence-corrected chi connectivity index (χ0v) is 7.14. The van der Waals surface area contributed by atoms with Gasteiger partial charge in [-0.25, -0.2) is 0 Å². The van der Waals surface area contributed by atoms with Crippen molar-refractivity contribution in [2.75, 3.05) is 5.32 Å². The largest absolute Gasteiger partial charge is 0.381 e. The molecule has 0 aromatic carbocycles. The molecule has 7 heteroatoms. The Kier molecular flexibility index (Phi) is 1.62. The number of carbonyl (C=O) groups excluding carboxylic acids is 1. The first-order chi connectivity index (χ1) is 6.44. The quantitative estimate of drug-likeness (QED) is 0.568. The van der Waals surface area contributed by atoms with E-state index in [1.165, 1.54) is 6.92 Å². The minimum atomic E-state index is -3.80. The van der Waals surface area contributed by atoms with Crippen LogP contribution in [0.1, 0.15) is 17.4 Å². The summed E-state index contributed by atoms with van der Waals surface area (Å²) in [5.74, 6) is -5.30. The second kappa shape index (κ2) is 2.50. The average molecular weight is 203 g/mol. The van der Waals surface area contributed by atoms with Crippen molar-refractivity contribution in [3.63, 3.8) is 0 Å². The van der Waals surface area contributed by atoms with Crippen molar-refractivity contribution in [2.24, 2.45) is 0 Å². The third-order valence-electron chi connectivity index (χ3n) is 2.15. The Labute approximate surface area is 77.1 Å². The van der Waals surface area contributed by atoms with Gasteiger partial charge in [0, 0.05) is 0 Å². The molecule has 0 unspecified atom stereocenters. The van der Waals surface area contributed by atoms with Crippen molar-refractivity contribution >= 4 is 11.7 Å². The highest BCUT2D eigenvalue weighted by molar-refractivity contribution is 5.99. The van der Waals surface area contributed by atoms with Gasteiger partial charge in [-0.3, -0.25) is 9.89 Å². The minimum absolute atomic E-state index is 0.0333. The molecule has 1 aromatic heterocycles. The molecule has 76 valence electrons. The molecule has 3 N–H and O–H groups in total. The van der Waals surface area contributed by atoms with Gasteiger partial charge < -0.3 is 10.4 Å².